The highest BCUT2D eigenvalue weighted by Crippen LogP contribution is 2.35. The Morgan fingerprint density at radius 3 is 2.94 bits per heavy atom. The second-order valence-electron chi connectivity index (χ2n) is 5.04. The largest absolute Gasteiger partial charge is 0.396 e. The Kier molecular flexibility index (Phi) is 4.57. The van der Waals surface area contributed by atoms with E-state index in [1.807, 2.05) is 0 Å². The molecule has 2 heteroatoms. The van der Waals surface area contributed by atoms with E-state index in [0.29, 0.717) is 12.3 Å². The van der Waals surface area contributed by atoms with Gasteiger partial charge < -0.3 is 10.2 Å². The molecule has 0 aliphatic heterocycles. The van der Waals surface area contributed by atoms with Crippen LogP contribution in [0.5, 0.6) is 0 Å². The van der Waals surface area contributed by atoms with Crippen LogP contribution in [-0.2, 0) is 6.42 Å². The molecule has 0 bridgehead atoms. The van der Waals surface area contributed by atoms with E-state index in [0.717, 1.165) is 12.8 Å². The van der Waals surface area contributed by atoms with Crippen LogP contribution in [-0.4, -0.2) is 22.9 Å². The third-order valence-corrected chi connectivity index (χ3v) is 3.75. The third-order valence-electron chi connectivity index (χ3n) is 3.75. The maximum absolute atomic E-state index is 9.95. The van der Waals surface area contributed by atoms with Gasteiger partial charge in [-0.05, 0) is 55.6 Å². The molecule has 0 amide bonds. The number of rotatable bonds is 5. The predicted molar refractivity (Wildman–Crippen MR) is 69.1 cm³/mol. The highest BCUT2D eigenvalue weighted by molar-refractivity contribution is 5.32. The maximum atomic E-state index is 9.95. The number of aliphatic hydroxyl groups is 2. The molecule has 2 atom stereocenters. The molecule has 0 saturated heterocycles. The van der Waals surface area contributed by atoms with Crippen LogP contribution in [0, 0.1) is 0 Å². The standard InChI is InChI=1S/C15H22O2/c16-10-4-8-14(17)11-13-7-3-6-12-5-1-2-9-15(12)13/h1-2,5,9,13-14,16-17H,3-4,6-8,10-11H2. The van der Waals surface area contributed by atoms with Crippen molar-refractivity contribution in [3.63, 3.8) is 0 Å². The lowest BCUT2D eigenvalue weighted by Crippen LogP contribution is -2.17. The normalized spacial score (nSPS) is 20.9. The number of fused-ring (bicyclic) bond motifs is 1. The molecule has 0 heterocycles. The molecule has 0 fully saturated rings. The van der Waals surface area contributed by atoms with Gasteiger partial charge in [0.15, 0.2) is 0 Å². The SMILES string of the molecule is OCCCC(O)CC1CCCc2ccccc21. The average molecular weight is 234 g/mol. The summed E-state index contributed by atoms with van der Waals surface area (Å²) >= 11 is 0. The van der Waals surface area contributed by atoms with E-state index in [1.54, 1.807) is 0 Å². The Labute approximate surface area is 103 Å². The van der Waals surface area contributed by atoms with Gasteiger partial charge in [-0.3, -0.25) is 0 Å². The predicted octanol–water partition coefficient (Wildman–Crippen LogP) is 2.63. The summed E-state index contributed by atoms with van der Waals surface area (Å²) in [6.07, 6.45) is 5.60. The molecule has 1 aromatic rings. The zero-order valence-corrected chi connectivity index (χ0v) is 10.3. The smallest absolute Gasteiger partial charge is 0.0547 e. The van der Waals surface area contributed by atoms with Gasteiger partial charge in [0.2, 0.25) is 0 Å². The van der Waals surface area contributed by atoms with Crippen molar-refractivity contribution in [1.29, 1.82) is 0 Å². The summed E-state index contributed by atoms with van der Waals surface area (Å²) in [6, 6.07) is 8.61. The average Bonchev–Trinajstić information content (AvgIpc) is 2.37. The van der Waals surface area contributed by atoms with Crippen LogP contribution >= 0.6 is 0 Å². The van der Waals surface area contributed by atoms with Gasteiger partial charge in [0, 0.05) is 6.61 Å². The fraction of sp³-hybridized carbons (Fsp3) is 0.600. The third kappa shape index (κ3) is 3.30. The maximum Gasteiger partial charge on any atom is 0.0547 e. The molecule has 0 spiro atoms. The lowest BCUT2D eigenvalue weighted by Gasteiger charge is -2.27. The first-order chi connectivity index (χ1) is 8.31. The number of aliphatic hydroxyl groups excluding tert-OH is 2. The molecule has 1 aliphatic rings. The Morgan fingerprint density at radius 1 is 1.29 bits per heavy atom. The minimum Gasteiger partial charge on any atom is -0.396 e. The van der Waals surface area contributed by atoms with Crippen LogP contribution in [0.3, 0.4) is 0 Å². The lowest BCUT2D eigenvalue weighted by molar-refractivity contribution is 0.130. The summed E-state index contributed by atoms with van der Waals surface area (Å²) in [5, 5.41) is 18.7. The molecule has 2 rings (SSSR count). The van der Waals surface area contributed by atoms with Crippen molar-refractivity contribution in [1.82, 2.24) is 0 Å². The molecule has 0 aromatic heterocycles. The van der Waals surface area contributed by atoms with Crippen LogP contribution in [0.15, 0.2) is 24.3 Å². The van der Waals surface area contributed by atoms with Gasteiger partial charge in [-0.2, -0.15) is 0 Å². The van der Waals surface area contributed by atoms with Crippen LogP contribution in [0.2, 0.25) is 0 Å². The molecule has 2 unspecified atom stereocenters. The van der Waals surface area contributed by atoms with Crippen molar-refractivity contribution in [2.75, 3.05) is 6.61 Å². The Hall–Kier alpha value is -0.860. The number of benzene rings is 1. The van der Waals surface area contributed by atoms with Crippen molar-refractivity contribution in [2.24, 2.45) is 0 Å². The Balaban J connectivity index is 1.98. The molecule has 94 valence electrons. The van der Waals surface area contributed by atoms with Crippen molar-refractivity contribution >= 4 is 0 Å². The van der Waals surface area contributed by atoms with E-state index in [9.17, 15) is 5.11 Å². The Bertz CT molecular complexity index is 349. The second kappa shape index (κ2) is 6.18. The van der Waals surface area contributed by atoms with Crippen molar-refractivity contribution in [3.8, 4) is 0 Å². The monoisotopic (exact) mass is 234 g/mol. The van der Waals surface area contributed by atoms with Crippen LogP contribution in [0.25, 0.3) is 0 Å². The lowest BCUT2D eigenvalue weighted by atomic mass is 9.79. The van der Waals surface area contributed by atoms with Crippen molar-refractivity contribution in [2.45, 2.75) is 50.5 Å². The minimum absolute atomic E-state index is 0.179. The van der Waals surface area contributed by atoms with Crippen LogP contribution in [0.4, 0.5) is 0 Å². The van der Waals surface area contributed by atoms with E-state index >= 15 is 0 Å². The van der Waals surface area contributed by atoms with Gasteiger partial charge in [0.25, 0.3) is 0 Å². The molecule has 2 nitrogen and oxygen atoms in total. The summed E-state index contributed by atoms with van der Waals surface area (Å²) in [6.45, 7) is 0.179. The summed E-state index contributed by atoms with van der Waals surface area (Å²) in [5.41, 5.74) is 2.89. The van der Waals surface area contributed by atoms with E-state index in [1.165, 1.54) is 30.4 Å². The molecule has 1 aromatic carbocycles. The summed E-state index contributed by atoms with van der Waals surface area (Å²) in [4.78, 5) is 0. The summed E-state index contributed by atoms with van der Waals surface area (Å²) in [7, 11) is 0. The van der Waals surface area contributed by atoms with Gasteiger partial charge in [0.1, 0.15) is 0 Å². The summed E-state index contributed by atoms with van der Waals surface area (Å²) in [5.74, 6) is 0.508. The Morgan fingerprint density at radius 2 is 2.12 bits per heavy atom. The van der Waals surface area contributed by atoms with Gasteiger partial charge >= 0.3 is 0 Å². The van der Waals surface area contributed by atoms with Gasteiger partial charge in [-0.15, -0.1) is 0 Å². The first-order valence-corrected chi connectivity index (χ1v) is 6.68. The van der Waals surface area contributed by atoms with Gasteiger partial charge in [-0.1, -0.05) is 24.3 Å². The van der Waals surface area contributed by atoms with Gasteiger partial charge in [-0.25, -0.2) is 0 Å². The minimum atomic E-state index is -0.265. The molecular formula is C15H22O2. The van der Waals surface area contributed by atoms with Crippen molar-refractivity contribution < 1.29 is 10.2 Å². The zero-order valence-electron chi connectivity index (χ0n) is 10.3. The quantitative estimate of drug-likeness (QED) is 0.822. The van der Waals surface area contributed by atoms with Crippen LogP contribution in [0.1, 0.15) is 49.1 Å². The highest BCUT2D eigenvalue weighted by atomic mass is 16.3. The van der Waals surface area contributed by atoms with E-state index in [4.69, 9.17) is 5.11 Å². The topological polar surface area (TPSA) is 40.5 Å². The number of aryl methyl sites for hydroxylation is 1. The fourth-order valence-electron chi connectivity index (χ4n) is 2.87. The van der Waals surface area contributed by atoms with E-state index in [2.05, 4.69) is 24.3 Å². The molecule has 17 heavy (non-hydrogen) atoms. The van der Waals surface area contributed by atoms with E-state index < -0.39 is 0 Å². The first-order valence-electron chi connectivity index (χ1n) is 6.68. The fourth-order valence-corrected chi connectivity index (χ4v) is 2.87. The second-order valence-corrected chi connectivity index (χ2v) is 5.04. The van der Waals surface area contributed by atoms with E-state index in [-0.39, 0.29) is 12.7 Å². The highest BCUT2D eigenvalue weighted by Gasteiger charge is 2.22. The van der Waals surface area contributed by atoms with Gasteiger partial charge in [0.05, 0.1) is 6.10 Å². The molecule has 0 radical (unpaired) electrons. The van der Waals surface area contributed by atoms with Crippen LogP contribution < -0.4 is 0 Å². The number of hydrogen-bond acceptors (Lipinski definition) is 2. The molecule has 0 saturated carbocycles. The first kappa shape index (κ1) is 12.6. The van der Waals surface area contributed by atoms with Crippen molar-refractivity contribution in [3.05, 3.63) is 35.4 Å². The zero-order chi connectivity index (χ0) is 12.1. The molecule has 1 aliphatic carbocycles. The molecular weight excluding hydrogens is 212 g/mol. The molecule has 2 N–H and O–H groups in total. The summed E-state index contributed by atoms with van der Waals surface area (Å²) < 4.78 is 0. The number of hydrogen-bond donors (Lipinski definition) is 2.